The summed E-state index contributed by atoms with van der Waals surface area (Å²) in [5, 5.41) is 8.44. The van der Waals surface area contributed by atoms with Crippen LogP contribution in [0.4, 0.5) is 0 Å². The second-order valence-corrected chi connectivity index (χ2v) is 5.94. The molecule has 3 rings (SSSR count). The normalized spacial score (nSPS) is 10.8. The molecule has 124 valence electrons. The summed E-state index contributed by atoms with van der Waals surface area (Å²) in [4.78, 5) is 14.4. The Bertz CT molecular complexity index is 885. The Labute approximate surface area is 144 Å². The largest absolute Gasteiger partial charge is 0.361 e. The molecule has 6 nitrogen and oxygen atoms in total. The van der Waals surface area contributed by atoms with Crippen LogP contribution in [-0.4, -0.2) is 28.2 Å². The topological polar surface area (TPSA) is 72.4 Å². The third-order valence-electron chi connectivity index (χ3n) is 3.63. The van der Waals surface area contributed by atoms with Crippen LogP contribution in [0.1, 0.15) is 27.6 Å². The van der Waals surface area contributed by atoms with Crippen molar-refractivity contribution >= 4 is 17.5 Å². The summed E-state index contributed by atoms with van der Waals surface area (Å²) >= 11 is 6.23. The summed E-state index contributed by atoms with van der Waals surface area (Å²) in [6.45, 7) is 3.83. The Balaban J connectivity index is 1.93. The maximum absolute atomic E-state index is 12.9. The van der Waals surface area contributed by atoms with Crippen molar-refractivity contribution in [2.24, 2.45) is 0 Å². The summed E-state index contributed by atoms with van der Waals surface area (Å²) in [6, 6.07) is 8.99. The van der Waals surface area contributed by atoms with E-state index in [0.717, 1.165) is 0 Å². The molecule has 3 aromatic rings. The van der Waals surface area contributed by atoms with Gasteiger partial charge in [-0.2, -0.15) is 0 Å². The predicted molar refractivity (Wildman–Crippen MR) is 88.7 cm³/mol. The first-order chi connectivity index (χ1) is 11.5. The molecule has 0 N–H and O–H groups in total. The Hall–Kier alpha value is -2.60. The molecule has 1 amide bonds. The molecule has 0 saturated carbocycles. The molecule has 0 aliphatic rings. The molecule has 0 radical (unpaired) electrons. The molecule has 0 aliphatic heterocycles. The van der Waals surface area contributed by atoms with Crippen molar-refractivity contribution < 1.29 is 13.8 Å². The van der Waals surface area contributed by atoms with Crippen LogP contribution in [0.25, 0.3) is 11.3 Å². The van der Waals surface area contributed by atoms with Gasteiger partial charge in [-0.15, -0.1) is 0 Å². The van der Waals surface area contributed by atoms with E-state index in [1.807, 2.05) is 12.1 Å². The van der Waals surface area contributed by atoms with Gasteiger partial charge < -0.3 is 13.9 Å². The third kappa shape index (κ3) is 3.05. The summed E-state index contributed by atoms with van der Waals surface area (Å²) in [7, 11) is 1.69. The molecule has 1 aromatic carbocycles. The molecule has 0 bridgehead atoms. The SMILES string of the molecule is Cc1cc(CN(C)C(=O)c2c(-c3ccccc3Cl)noc2C)no1. The minimum absolute atomic E-state index is 0.218. The zero-order valence-electron chi connectivity index (χ0n) is 13.5. The first-order valence-electron chi connectivity index (χ1n) is 7.36. The van der Waals surface area contributed by atoms with Crippen LogP contribution in [0, 0.1) is 13.8 Å². The molecular weight excluding hydrogens is 330 g/mol. The number of hydrogen-bond acceptors (Lipinski definition) is 5. The maximum atomic E-state index is 12.9. The van der Waals surface area contributed by atoms with E-state index in [9.17, 15) is 4.79 Å². The van der Waals surface area contributed by atoms with Gasteiger partial charge in [0.25, 0.3) is 5.91 Å². The van der Waals surface area contributed by atoms with Crippen LogP contribution < -0.4 is 0 Å². The zero-order valence-corrected chi connectivity index (χ0v) is 14.3. The number of rotatable bonds is 4. The zero-order chi connectivity index (χ0) is 17.3. The van der Waals surface area contributed by atoms with Gasteiger partial charge in [-0.1, -0.05) is 40.1 Å². The Kier molecular flexibility index (Phi) is 4.40. The van der Waals surface area contributed by atoms with Crippen LogP contribution in [0.2, 0.25) is 5.02 Å². The van der Waals surface area contributed by atoms with Crippen molar-refractivity contribution in [3.63, 3.8) is 0 Å². The summed E-state index contributed by atoms with van der Waals surface area (Å²) in [5.74, 6) is 0.922. The van der Waals surface area contributed by atoms with Crippen LogP contribution in [-0.2, 0) is 6.54 Å². The second kappa shape index (κ2) is 6.49. The lowest BCUT2D eigenvalue weighted by molar-refractivity contribution is 0.0781. The van der Waals surface area contributed by atoms with Crippen LogP contribution in [0.3, 0.4) is 0 Å². The maximum Gasteiger partial charge on any atom is 0.259 e. The minimum Gasteiger partial charge on any atom is -0.361 e. The van der Waals surface area contributed by atoms with Gasteiger partial charge in [0.2, 0.25) is 0 Å². The molecular formula is C17H16ClN3O3. The van der Waals surface area contributed by atoms with Gasteiger partial charge in [-0.25, -0.2) is 0 Å². The number of benzene rings is 1. The fourth-order valence-corrected chi connectivity index (χ4v) is 2.68. The van der Waals surface area contributed by atoms with Crippen LogP contribution >= 0.6 is 11.6 Å². The highest BCUT2D eigenvalue weighted by Crippen LogP contribution is 2.31. The van der Waals surface area contributed by atoms with Crippen LogP contribution in [0.5, 0.6) is 0 Å². The van der Waals surface area contributed by atoms with Crippen molar-refractivity contribution in [2.45, 2.75) is 20.4 Å². The lowest BCUT2D eigenvalue weighted by Gasteiger charge is -2.15. The van der Waals surface area contributed by atoms with Crippen molar-refractivity contribution in [3.05, 3.63) is 58.1 Å². The Morgan fingerprint density at radius 3 is 2.62 bits per heavy atom. The molecule has 0 unspecified atom stereocenters. The second-order valence-electron chi connectivity index (χ2n) is 5.53. The molecule has 7 heteroatoms. The molecule has 2 heterocycles. The number of carbonyl (C=O) groups excluding carboxylic acids is 1. The van der Waals surface area contributed by atoms with Crippen molar-refractivity contribution in [1.29, 1.82) is 0 Å². The molecule has 0 fully saturated rings. The van der Waals surface area contributed by atoms with E-state index in [0.29, 0.717) is 45.6 Å². The molecule has 0 atom stereocenters. The predicted octanol–water partition coefficient (Wildman–Crippen LogP) is 3.87. The highest BCUT2D eigenvalue weighted by Gasteiger charge is 2.25. The van der Waals surface area contributed by atoms with E-state index >= 15 is 0 Å². The van der Waals surface area contributed by atoms with Gasteiger partial charge in [-0.3, -0.25) is 4.79 Å². The van der Waals surface area contributed by atoms with Crippen molar-refractivity contribution in [2.75, 3.05) is 7.05 Å². The first-order valence-corrected chi connectivity index (χ1v) is 7.74. The van der Waals surface area contributed by atoms with Crippen molar-refractivity contribution in [1.82, 2.24) is 15.2 Å². The molecule has 0 saturated heterocycles. The highest BCUT2D eigenvalue weighted by atomic mass is 35.5. The fraction of sp³-hybridized carbons (Fsp3) is 0.235. The van der Waals surface area contributed by atoms with Gasteiger partial charge in [0.1, 0.15) is 28.5 Å². The van der Waals surface area contributed by atoms with Crippen LogP contribution in [0.15, 0.2) is 39.4 Å². The van der Waals surface area contributed by atoms with Gasteiger partial charge >= 0.3 is 0 Å². The smallest absolute Gasteiger partial charge is 0.259 e. The lowest BCUT2D eigenvalue weighted by Crippen LogP contribution is -2.27. The molecule has 2 aromatic heterocycles. The third-order valence-corrected chi connectivity index (χ3v) is 3.96. The Morgan fingerprint density at radius 2 is 1.96 bits per heavy atom. The lowest BCUT2D eigenvalue weighted by atomic mass is 10.1. The number of nitrogens with zero attached hydrogens (tertiary/aromatic N) is 3. The number of amides is 1. The molecule has 0 aliphatic carbocycles. The minimum atomic E-state index is -0.218. The standard InChI is InChI=1S/C17H16ClN3O3/c1-10-8-12(19-23-10)9-21(3)17(22)15-11(2)24-20-16(15)13-6-4-5-7-14(13)18/h4-8H,9H2,1-3H3. The molecule has 24 heavy (non-hydrogen) atoms. The molecule has 0 spiro atoms. The average Bonchev–Trinajstić information content (AvgIpc) is 3.13. The highest BCUT2D eigenvalue weighted by molar-refractivity contribution is 6.33. The number of aryl methyl sites for hydroxylation is 2. The van der Waals surface area contributed by atoms with E-state index < -0.39 is 0 Å². The Morgan fingerprint density at radius 1 is 1.21 bits per heavy atom. The van der Waals surface area contributed by atoms with Crippen molar-refractivity contribution in [3.8, 4) is 11.3 Å². The van der Waals surface area contributed by atoms with E-state index in [-0.39, 0.29) is 5.91 Å². The van der Waals surface area contributed by atoms with E-state index in [1.165, 1.54) is 4.90 Å². The number of halogens is 1. The summed E-state index contributed by atoms with van der Waals surface area (Å²) in [6.07, 6.45) is 0. The van der Waals surface area contributed by atoms with E-state index in [4.69, 9.17) is 20.6 Å². The summed E-state index contributed by atoms with van der Waals surface area (Å²) < 4.78 is 10.3. The fourth-order valence-electron chi connectivity index (χ4n) is 2.46. The first kappa shape index (κ1) is 16.3. The number of carbonyl (C=O) groups is 1. The van der Waals surface area contributed by atoms with Gasteiger partial charge in [-0.05, 0) is 19.9 Å². The quantitative estimate of drug-likeness (QED) is 0.717. The van der Waals surface area contributed by atoms with E-state index in [2.05, 4.69) is 10.3 Å². The van der Waals surface area contributed by atoms with Gasteiger partial charge in [0, 0.05) is 18.7 Å². The number of hydrogen-bond donors (Lipinski definition) is 0. The summed E-state index contributed by atoms with van der Waals surface area (Å²) in [5.41, 5.74) is 2.17. The van der Waals surface area contributed by atoms with E-state index in [1.54, 1.807) is 39.1 Å². The monoisotopic (exact) mass is 345 g/mol. The number of aromatic nitrogens is 2. The van der Waals surface area contributed by atoms with Gasteiger partial charge in [0.05, 0.1) is 11.6 Å². The van der Waals surface area contributed by atoms with Gasteiger partial charge in [0.15, 0.2) is 0 Å². The average molecular weight is 346 g/mol.